The first-order chi connectivity index (χ1) is 13.8. The summed E-state index contributed by atoms with van der Waals surface area (Å²) in [5, 5.41) is 4.71. The molecule has 28 heavy (non-hydrogen) atoms. The van der Waals surface area contributed by atoms with Gasteiger partial charge in [0, 0.05) is 30.8 Å². The van der Waals surface area contributed by atoms with Crippen molar-refractivity contribution in [1.82, 2.24) is 29.5 Å². The van der Waals surface area contributed by atoms with Crippen molar-refractivity contribution in [2.75, 3.05) is 6.54 Å². The van der Waals surface area contributed by atoms with Gasteiger partial charge in [-0.15, -0.1) is 0 Å². The van der Waals surface area contributed by atoms with Gasteiger partial charge in [-0.1, -0.05) is 6.07 Å². The molecular formula is C20H18N6O2. The summed E-state index contributed by atoms with van der Waals surface area (Å²) >= 11 is 0. The smallest absolute Gasteiger partial charge is 0.292 e. The Bertz CT molecular complexity index is 1150. The van der Waals surface area contributed by atoms with Crippen molar-refractivity contribution in [3.05, 3.63) is 71.7 Å². The second-order valence-corrected chi connectivity index (χ2v) is 7.39. The predicted molar refractivity (Wildman–Crippen MR) is 98.8 cm³/mol. The first-order valence-corrected chi connectivity index (χ1v) is 9.51. The lowest BCUT2D eigenvalue weighted by Gasteiger charge is -2.33. The molecule has 1 atom stereocenters. The topological polar surface area (TPSA) is 92.3 Å². The maximum absolute atomic E-state index is 13.3. The van der Waals surface area contributed by atoms with Crippen molar-refractivity contribution >= 4 is 11.4 Å². The summed E-state index contributed by atoms with van der Waals surface area (Å²) in [5.74, 6) is 1.16. The Balaban J connectivity index is 1.43. The summed E-state index contributed by atoms with van der Waals surface area (Å²) in [6.07, 6.45) is 8.01. The standard InChI is InChI=1S/C20H18N6O2/c27-20(16-10-21-19(28-16)12-4-5-12)25-8-6-14-17(23-11-22-14)18(25)15-9-13-3-1-2-7-26(13)24-15/h1-3,7,9-12,18H,4-6,8H2,(H,22,23). The molecule has 2 aliphatic rings. The second kappa shape index (κ2) is 5.79. The third-order valence-electron chi connectivity index (χ3n) is 5.52. The van der Waals surface area contributed by atoms with E-state index in [0.717, 1.165) is 35.4 Å². The van der Waals surface area contributed by atoms with Gasteiger partial charge in [-0.05, 0) is 31.0 Å². The van der Waals surface area contributed by atoms with Crippen molar-refractivity contribution < 1.29 is 9.21 Å². The Kier molecular flexibility index (Phi) is 3.23. The van der Waals surface area contributed by atoms with E-state index in [0.29, 0.717) is 24.8 Å². The third kappa shape index (κ3) is 2.37. The Morgan fingerprint density at radius 3 is 3.04 bits per heavy atom. The van der Waals surface area contributed by atoms with Crippen LogP contribution >= 0.6 is 0 Å². The van der Waals surface area contributed by atoms with Crippen LogP contribution in [0.25, 0.3) is 5.52 Å². The molecule has 6 rings (SSSR count). The van der Waals surface area contributed by atoms with E-state index < -0.39 is 0 Å². The monoisotopic (exact) mass is 374 g/mol. The normalized spacial score (nSPS) is 19.1. The molecule has 1 saturated carbocycles. The minimum atomic E-state index is -0.364. The summed E-state index contributed by atoms with van der Waals surface area (Å²) in [6.45, 7) is 0.562. The number of hydrogen-bond donors (Lipinski definition) is 1. The molecule has 0 radical (unpaired) electrons. The summed E-state index contributed by atoms with van der Waals surface area (Å²) in [4.78, 5) is 27.1. The quantitative estimate of drug-likeness (QED) is 0.595. The number of rotatable bonds is 3. The van der Waals surface area contributed by atoms with Gasteiger partial charge in [0.2, 0.25) is 5.76 Å². The highest BCUT2D eigenvalue weighted by molar-refractivity contribution is 5.92. The van der Waals surface area contributed by atoms with Crippen LogP contribution in [0.4, 0.5) is 0 Å². The van der Waals surface area contributed by atoms with E-state index in [1.54, 1.807) is 17.4 Å². The van der Waals surface area contributed by atoms with Crippen LogP contribution in [0.2, 0.25) is 0 Å². The number of aromatic nitrogens is 5. The van der Waals surface area contributed by atoms with Crippen LogP contribution in [0, 0.1) is 0 Å². The van der Waals surface area contributed by atoms with Gasteiger partial charge in [0.15, 0.2) is 5.89 Å². The summed E-state index contributed by atoms with van der Waals surface area (Å²) in [5.41, 5.74) is 3.64. The molecule has 0 aromatic carbocycles. The number of hydrogen-bond acceptors (Lipinski definition) is 5. The molecule has 4 aromatic rings. The van der Waals surface area contributed by atoms with Crippen LogP contribution in [0.1, 0.15) is 58.3 Å². The van der Waals surface area contributed by atoms with Crippen LogP contribution in [-0.2, 0) is 6.42 Å². The molecule has 1 amide bonds. The zero-order valence-electron chi connectivity index (χ0n) is 15.1. The van der Waals surface area contributed by atoms with Gasteiger partial charge < -0.3 is 14.3 Å². The highest BCUT2D eigenvalue weighted by Crippen LogP contribution is 2.40. The van der Waals surface area contributed by atoms with Crippen LogP contribution in [0.15, 0.2) is 47.4 Å². The number of imidazole rings is 1. The van der Waals surface area contributed by atoms with Gasteiger partial charge in [-0.2, -0.15) is 5.10 Å². The van der Waals surface area contributed by atoms with E-state index in [1.165, 1.54) is 0 Å². The molecule has 1 aliphatic heterocycles. The maximum Gasteiger partial charge on any atom is 0.292 e. The Labute approximate surface area is 160 Å². The summed E-state index contributed by atoms with van der Waals surface area (Å²) < 4.78 is 7.60. The van der Waals surface area contributed by atoms with Crippen molar-refractivity contribution in [3.63, 3.8) is 0 Å². The molecular weight excluding hydrogens is 356 g/mol. The number of fused-ring (bicyclic) bond motifs is 2. The Morgan fingerprint density at radius 2 is 2.18 bits per heavy atom. The van der Waals surface area contributed by atoms with Crippen LogP contribution in [-0.4, -0.2) is 41.9 Å². The first-order valence-electron chi connectivity index (χ1n) is 9.51. The van der Waals surface area contributed by atoms with Crippen LogP contribution < -0.4 is 0 Å². The fraction of sp³-hybridized carbons (Fsp3) is 0.300. The first kappa shape index (κ1) is 15.6. The van der Waals surface area contributed by atoms with E-state index in [-0.39, 0.29) is 17.7 Å². The summed E-state index contributed by atoms with van der Waals surface area (Å²) in [6, 6.07) is 7.54. The SMILES string of the molecule is O=C(c1cnc(C2CC2)o1)N1CCc2[nH]cnc2C1c1cc2ccccn2n1. The Morgan fingerprint density at radius 1 is 1.25 bits per heavy atom. The van der Waals surface area contributed by atoms with E-state index in [1.807, 2.05) is 35.0 Å². The number of nitrogens with one attached hydrogen (secondary N) is 1. The molecule has 1 N–H and O–H groups in total. The average molecular weight is 374 g/mol. The number of pyridine rings is 1. The number of amides is 1. The maximum atomic E-state index is 13.3. The van der Waals surface area contributed by atoms with Gasteiger partial charge in [0.1, 0.15) is 6.04 Å². The van der Waals surface area contributed by atoms with E-state index in [9.17, 15) is 4.79 Å². The van der Waals surface area contributed by atoms with Crippen molar-refractivity contribution in [2.45, 2.75) is 31.2 Å². The predicted octanol–water partition coefficient (Wildman–Crippen LogP) is 2.71. The van der Waals surface area contributed by atoms with Crippen molar-refractivity contribution in [1.29, 1.82) is 0 Å². The van der Waals surface area contributed by atoms with Crippen molar-refractivity contribution in [3.8, 4) is 0 Å². The molecule has 5 heterocycles. The molecule has 0 spiro atoms. The minimum Gasteiger partial charge on any atom is -0.435 e. The lowest BCUT2D eigenvalue weighted by molar-refractivity contribution is 0.0652. The van der Waals surface area contributed by atoms with E-state index in [2.05, 4.69) is 15.0 Å². The Hall–Kier alpha value is -3.42. The summed E-state index contributed by atoms with van der Waals surface area (Å²) in [7, 11) is 0. The molecule has 0 saturated heterocycles. The molecule has 8 heteroatoms. The van der Waals surface area contributed by atoms with Gasteiger partial charge in [0.25, 0.3) is 5.91 Å². The van der Waals surface area contributed by atoms with Crippen LogP contribution in [0.3, 0.4) is 0 Å². The number of nitrogens with zero attached hydrogens (tertiary/aromatic N) is 5. The minimum absolute atomic E-state index is 0.171. The second-order valence-electron chi connectivity index (χ2n) is 7.39. The van der Waals surface area contributed by atoms with Crippen molar-refractivity contribution in [2.24, 2.45) is 0 Å². The highest BCUT2D eigenvalue weighted by Gasteiger charge is 2.38. The molecule has 0 bridgehead atoms. The number of carbonyl (C=O) groups is 1. The van der Waals surface area contributed by atoms with E-state index >= 15 is 0 Å². The molecule has 8 nitrogen and oxygen atoms in total. The highest BCUT2D eigenvalue weighted by atomic mass is 16.4. The fourth-order valence-electron chi connectivity index (χ4n) is 3.93. The molecule has 1 aliphatic carbocycles. The zero-order valence-corrected chi connectivity index (χ0v) is 15.1. The molecule has 1 fully saturated rings. The lowest BCUT2D eigenvalue weighted by Crippen LogP contribution is -2.40. The van der Waals surface area contributed by atoms with Gasteiger partial charge in [-0.3, -0.25) is 4.79 Å². The van der Waals surface area contributed by atoms with Gasteiger partial charge in [0.05, 0.1) is 29.4 Å². The molecule has 4 aromatic heterocycles. The molecule has 140 valence electrons. The van der Waals surface area contributed by atoms with Crippen LogP contribution in [0.5, 0.6) is 0 Å². The number of oxazole rings is 1. The van der Waals surface area contributed by atoms with Gasteiger partial charge in [-0.25, -0.2) is 14.5 Å². The van der Waals surface area contributed by atoms with Gasteiger partial charge >= 0.3 is 0 Å². The van der Waals surface area contributed by atoms with E-state index in [4.69, 9.17) is 9.52 Å². The largest absolute Gasteiger partial charge is 0.435 e. The molecule has 1 unspecified atom stereocenters. The lowest BCUT2D eigenvalue weighted by atomic mass is 9.99. The average Bonchev–Trinajstić information content (AvgIpc) is 3.14. The number of H-pyrrole nitrogens is 1. The number of aromatic amines is 1. The zero-order chi connectivity index (χ0) is 18.7. The number of carbonyl (C=O) groups excluding carboxylic acids is 1. The fourth-order valence-corrected chi connectivity index (χ4v) is 3.93. The third-order valence-corrected chi connectivity index (χ3v) is 5.52.